The maximum Gasteiger partial charge on any atom is 0.434 e. The third-order valence-electron chi connectivity index (χ3n) is 23.3. The lowest BCUT2D eigenvalue weighted by molar-refractivity contribution is -0.141. The summed E-state index contributed by atoms with van der Waals surface area (Å²) in [5, 5.41) is 10.3. The number of nitrogens with zero attached hydrogens (tertiary/aromatic N) is 8. The van der Waals surface area contributed by atoms with Gasteiger partial charge in [0, 0.05) is 110 Å². The number of hydrogen-bond donors (Lipinski definition) is 4. The highest BCUT2D eigenvalue weighted by Gasteiger charge is 2.58. The fraction of sp³-hybridized carbons (Fsp3) is 0.256. The Hall–Kier alpha value is -15.3. The summed E-state index contributed by atoms with van der Waals surface area (Å²) in [5.74, 6) is -6.73. The van der Waals surface area contributed by atoms with Gasteiger partial charge in [-0.15, -0.1) is 0 Å². The Morgan fingerprint density at radius 2 is 0.825 bits per heavy atom. The Balaban J connectivity index is 0.000000119. The molecular formula is C86H64F8N12O20. The summed E-state index contributed by atoms with van der Waals surface area (Å²) in [4.78, 5) is 173. The van der Waals surface area contributed by atoms with Crippen molar-refractivity contribution in [2.75, 3.05) is 54.6 Å². The van der Waals surface area contributed by atoms with Crippen molar-refractivity contribution in [3.05, 3.63) is 237 Å². The van der Waals surface area contributed by atoms with Crippen molar-refractivity contribution in [1.29, 1.82) is 0 Å². The number of benzene rings is 4. The van der Waals surface area contributed by atoms with Crippen LogP contribution in [0.5, 0.6) is 23.0 Å². The Labute approximate surface area is 702 Å². The van der Waals surface area contributed by atoms with Crippen molar-refractivity contribution in [3.63, 3.8) is 0 Å². The molecule has 4 aromatic carbocycles. The van der Waals surface area contributed by atoms with E-state index in [0.29, 0.717) is 56.0 Å². The smallest absolute Gasteiger partial charge is 0.434 e. The van der Waals surface area contributed by atoms with Crippen LogP contribution >= 0.6 is 0 Å². The van der Waals surface area contributed by atoms with Gasteiger partial charge in [-0.25, -0.2) is 13.8 Å². The van der Waals surface area contributed by atoms with Crippen molar-refractivity contribution in [2.24, 2.45) is 0 Å². The minimum atomic E-state index is -4.74. The number of fused-ring (bicyclic) bond motifs is 8. The van der Waals surface area contributed by atoms with Gasteiger partial charge in [0.25, 0.3) is 23.6 Å². The number of nitrogens with one attached hydrogen (secondary N) is 4. The number of imide groups is 4. The second-order valence-electron chi connectivity index (χ2n) is 30.9. The standard InChI is InChI=1S/2C22H16F3N3O5.2C21H16FN3O5/c1-32-13-3-2-11-9-28(19(30)14(11)5-13)10-21(7-18(29)27-20(21)31)17-4-12-8-26-16(22(23,24)25)6-15(12)33-17;1-32-12-3-2-11-9-28(19(30)13(11)6-12)10-21(8-17(29)27-20(21)31)16-7-14-15(33-16)4-5-26-18(14)22(23,24)25;1-29-13-3-2-12-9-25(19(27)17(12)18(13)22)10-21(7-16(26)24-20(21)28)15-6-11-4-5-23-8-14(11)30-15;1-29-13-5-4-12-9-25(19(27)16(12)17(13)22)10-21(8-15(26)24-20(21)28)14-7-11-3-2-6-23-18(11)30-14/h2-6,8H,7,9-10H2,1H3,(H,27,29,31);2-7H,8-10H2,1H3,(H,27,29,31);2-6,8H,7,9-10H2,1H3,(H,24,26,28);2-7H,8-10H2,1H3,(H,24,26,28)/t4*21-/m1111/s1. The van der Waals surface area contributed by atoms with Crippen molar-refractivity contribution < 1.29 is 129 Å². The number of methoxy groups -OCH3 is 4. The lowest BCUT2D eigenvalue weighted by atomic mass is 9.82. The molecule has 32 nitrogen and oxygen atoms in total. The van der Waals surface area contributed by atoms with Gasteiger partial charge in [-0.2, -0.15) is 26.3 Å². The molecule has 0 radical (unpaired) electrons. The van der Waals surface area contributed by atoms with E-state index in [1.807, 2.05) is 0 Å². The van der Waals surface area contributed by atoms with Crippen molar-refractivity contribution in [1.82, 2.24) is 60.8 Å². The van der Waals surface area contributed by atoms with Gasteiger partial charge in [0.15, 0.2) is 34.4 Å². The molecule has 40 heteroatoms. The van der Waals surface area contributed by atoms with Gasteiger partial charge < -0.3 is 56.2 Å². The normalized spacial score (nSPS) is 20.6. The molecule has 4 saturated heterocycles. The molecule has 4 fully saturated rings. The van der Waals surface area contributed by atoms with E-state index in [9.17, 15) is 92.7 Å². The zero-order chi connectivity index (χ0) is 89.2. The van der Waals surface area contributed by atoms with Gasteiger partial charge in [0.2, 0.25) is 53.0 Å². The summed E-state index contributed by atoms with van der Waals surface area (Å²) in [7, 11) is 5.58. The number of alkyl halides is 6. The van der Waals surface area contributed by atoms with E-state index in [0.717, 1.165) is 35.5 Å². The van der Waals surface area contributed by atoms with Crippen LogP contribution in [0.4, 0.5) is 35.1 Å². The number of hydrogen-bond acceptors (Lipinski definition) is 24. The molecule has 0 unspecified atom stereocenters. The fourth-order valence-electron chi connectivity index (χ4n) is 17.0. The minimum Gasteiger partial charge on any atom is -0.497 e. The molecule has 0 saturated carbocycles. The Bertz CT molecular complexity index is 6460. The van der Waals surface area contributed by atoms with Gasteiger partial charge in [-0.3, -0.25) is 93.8 Å². The molecule has 0 bridgehead atoms. The lowest BCUT2D eigenvalue weighted by Crippen LogP contribution is -2.46. The largest absolute Gasteiger partial charge is 0.497 e. The Morgan fingerprint density at radius 3 is 1.26 bits per heavy atom. The van der Waals surface area contributed by atoms with Gasteiger partial charge in [-0.05, 0) is 107 Å². The maximum atomic E-state index is 14.7. The van der Waals surface area contributed by atoms with Crippen molar-refractivity contribution >= 4 is 115 Å². The van der Waals surface area contributed by atoms with Crippen LogP contribution in [0.25, 0.3) is 44.0 Å². The van der Waals surface area contributed by atoms with Crippen LogP contribution in [0.3, 0.4) is 0 Å². The van der Waals surface area contributed by atoms with Crippen molar-refractivity contribution in [2.45, 2.75) is 85.9 Å². The van der Waals surface area contributed by atoms with Crippen LogP contribution in [0.1, 0.15) is 124 Å². The quantitative estimate of drug-likeness (QED) is 0.0516. The molecule has 12 amide bonds. The van der Waals surface area contributed by atoms with Crippen LogP contribution in [-0.4, -0.2) is 165 Å². The molecule has 644 valence electrons. The number of halogens is 8. The first-order valence-corrected chi connectivity index (χ1v) is 38.3. The van der Waals surface area contributed by atoms with Crippen LogP contribution in [0, 0.1) is 11.6 Å². The maximum absolute atomic E-state index is 14.7. The monoisotopic (exact) mass is 1740 g/mol. The fourth-order valence-corrected chi connectivity index (χ4v) is 17.0. The first-order chi connectivity index (χ1) is 60.1. The highest BCUT2D eigenvalue weighted by Crippen LogP contribution is 2.47. The molecule has 0 spiro atoms. The number of ether oxygens (including phenoxy) is 4. The van der Waals surface area contributed by atoms with Gasteiger partial charge >= 0.3 is 12.4 Å². The van der Waals surface area contributed by atoms with E-state index in [2.05, 4.69) is 41.2 Å². The number of furan rings is 4. The molecule has 4 atom stereocenters. The summed E-state index contributed by atoms with van der Waals surface area (Å²) in [6, 6.07) is 29.2. The van der Waals surface area contributed by atoms with E-state index in [1.165, 1.54) is 78.5 Å². The number of aromatic nitrogens is 4. The molecule has 16 heterocycles. The molecule has 8 aliphatic heterocycles. The molecule has 20 rings (SSSR count). The van der Waals surface area contributed by atoms with Gasteiger partial charge in [-0.1, -0.05) is 24.3 Å². The summed E-state index contributed by atoms with van der Waals surface area (Å²) in [6.07, 6.45) is -3.85. The van der Waals surface area contributed by atoms with E-state index < -0.39 is 116 Å². The molecule has 4 N–H and O–H groups in total. The SMILES string of the molecule is COc1ccc2c(c1)C(=O)N(C[C@@]1(c3cc4c(C(F)(F)F)nccc4o3)CC(=O)NC1=O)C2.COc1ccc2c(c1)C(=O)N(C[C@@]1(c3cc4cnc(C(F)(F)F)cc4o3)CC(=O)NC1=O)C2.COc1ccc2c(c1F)C(=O)N(C[C@@]1(c3cc4cccnc4o3)CC(=O)NC1=O)C2.COc1ccc2c(c1F)C(=O)N(C[C@@]1(c3cc4ccncc4o3)CC(=O)NC1=O)C2. The summed E-state index contributed by atoms with van der Waals surface area (Å²) >= 11 is 0. The number of amides is 12. The van der Waals surface area contributed by atoms with Gasteiger partial charge in [0.1, 0.15) is 73.1 Å². The zero-order valence-corrected chi connectivity index (χ0v) is 66.1. The first-order valence-electron chi connectivity index (χ1n) is 38.3. The predicted octanol–water partition coefficient (Wildman–Crippen LogP) is 9.42. The summed E-state index contributed by atoms with van der Waals surface area (Å²) in [5.41, 5.74) is -4.81. The Kier molecular flexibility index (Phi) is 20.4. The van der Waals surface area contributed by atoms with E-state index >= 15 is 0 Å². The van der Waals surface area contributed by atoms with Crippen LogP contribution in [0.2, 0.25) is 0 Å². The average molecular weight is 1740 g/mol. The van der Waals surface area contributed by atoms with Crippen LogP contribution < -0.4 is 40.2 Å². The predicted molar refractivity (Wildman–Crippen MR) is 415 cm³/mol. The van der Waals surface area contributed by atoms with Gasteiger partial charge in [0.05, 0.1) is 76.8 Å². The molecule has 126 heavy (non-hydrogen) atoms. The highest BCUT2D eigenvalue weighted by atomic mass is 19.4. The second kappa shape index (κ2) is 30.9. The number of pyridine rings is 4. The molecule has 0 aliphatic carbocycles. The van der Waals surface area contributed by atoms with E-state index in [-0.39, 0.29) is 157 Å². The molecular weight excluding hydrogens is 1670 g/mol. The highest BCUT2D eigenvalue weighted by molar-refractivity contribution is 6.13. The van der Waals surface area contributed by atoms with E-state index in [1.54, 1.807) is 91.3 Å². The second-order valence-corrected chi connectivity index (χ2v) is 30.9. The third kappa shape index (κ3) is 14.2. The third-order valence-corrected chi connectivity index (χ3v) is 23.3. The lowest BCUT2D eigenvalue weighted by Gasteiger charge is -2.28. The molecule has 12 aromatic rings. The number of carbonyl (C=O) groups is 12. The molecule has 8 aliphatic rings. The Morgan fingerprint density at radius 1 is 0.397 bits per heavy atom. The van der Waals surface area contributed by atoms with Crippen LogP contribution in [0.15, 0.2) is 164 Å². The summed E-state index contributed by atoms with van der Waals surface area (Å²) < 4.78 is 152. The van der Waals surface area contributed by atoms with E-state index in [4.69, 9.17) is 36.6 Å². The topological polar surface area (TPSA) is 407 Å². The first kappa shape index (κ1) is 83.0. The zero-order valence-electron chi connectivity index (χ0n) is 66.1. The number of rotatable bonds is 16. The average Bonchev–Trinajstić information content (AvgIpc) is 1.58. The summed E-state index contributed by atoms with van der Waals surface area (Å²) in [6.45, 7) is -0.142. The van der Waals surface area contributed by atoms with Crippen LogP contribution in [-0.2, 0) is 98.5 Å². The minimum absolute atomic E-state index is 0.0108. The number of carbonyl (C=O) groups excluding carboxylic acids is 12. The van der Waals surface area contributed by atoms with Crippen molar-refractivity contribution in [3.8, 4) is 23.0 Å². The molecule has 8 aromatic heterocycles.